The molecule has 1 heterocycles. The average Bonchev–Trinajstić information content (AvgIpc) is 2.75. The van der Waals surface area contributed by atoms with Crippen molar-refractivity contribution in [2.45, 2.75) is 37.9 Å². The van der Waals surface area contributed by atoms with Gasteiger partial charge in [0, 0.05) is 17.9 Å². The molecule has 0 bridgehead atoms. The van der Waals surface area contributed by atoms with Crippen LogP contribution in [0.5, 0.6) is 5.75 Å². The van der Waals surface area contributed by atoms with Gasteiger partial charge in [0.25, 0.3) is 0 Å². The van der Waals surface area contributed by atoms with Crippen LogP contribution in [0.15, 0.2) is 60.7 Å². The van der Waals surface area contributed by atoms with Gasteiger partial charge in [-0.15, -0.1) is 0 Å². The maximum Gasteiger partial charge on any atom is 0.308 e. The fourth-order valence-corrected chi connectivity index (χ4v) is 4.17. The first-order chi connectivity index (χ1) is 15.8. The van der Waals surface area contributed by atoms with Crippen molar-refractivity contribution in [2.75, 3.05) is 6.61 Å². The Kier molecular flexibility index (Phi) is 6.70. The van der Waals surface area contributed by atoms with E-state index in [-0.39, 0.29) is 19.4 Å². The molecule has 2 atom stereocenters. The van der Waals surface area contributed by atoms with Crippen LogP contribution in [0.2, 0.25) is 0 Å². The van der Waals surface area contributed by atoms with Crippen molar-refractivity contribution >= 4 is 5.97 Å². The number of hydrogen-bond acceptors (Lipinski definition) is 4. The van der Waals surface area contributed by atoms with E-state index < -0.39 is 41.5 Å². The molecule has 0 unspecified atom stereocenters. The summed E-state index contributed by atoms with van der Waals surface area (Å²) in [7, 11) is 0. The maximum absolute atomic E-state index is 14.5. The van der Waals surface area contributed by atoms with Crippen LogP contribution in [0, 0.1) is 24.4 Å². The van der Waals surface area contributed by atoms with E-state index in [0.717, 1.165) is 0 Å². The third-order valence-electron chi connectivity index (χ3n) is 5.63. The predicted octanol–water partition coefficient (Wildman–Crippen LogP) is 5.04. The van der Waals surface area contributed by atoms with Crippen LogP contribution in [-0.2, 0) is 9.53 Å². The molecule has 0 radical (unpaired) electrons. The zero-order valence-electron chi connectivity index (χ0n) is 17.9. The van der Waals surface area contributed by atoms with Gasteiger partial charge in [-0.2, -0.15) is 0 Å². The molecular formula is C26H23F3O4. The number of aliphatic hydroxyl groups excluding tert-OH is 1. The van der Waals surface area contributed by atoms with E-state index >= 15 is 0 Å². The van der Waals surface area contributed by atoms with E-state index in [1.54, 1.807) is 31.2 Å². The number of halogens is 3. The van der Waals surface area contributed by atoms with Crippen LogP contribution in [-0.4, -0.2) is 29.9 Å². The molecule has 4 nitrogen and oxygen atoms in total. The molecule has 0 amide bonds. The van der Waals surface area contributed by atoms with Gasteiger partial charge in [-0.25, -0.2) is 13.2 Å². The molecule has 172 valence electrons. The quantitative estimate of drug-likeness (QED) is 0.417. The van der Waals surface area contributed by atoms with E-state index in [0.29, 0.717) is 28.0 Å². The number of benzene rings is 3. The molecule has 0 saturated carbocycles. The molecule has 3 aromatic rings. The van der Waals surface area contributed by atoms with Gasteiger partial charge in [-0.3, -0.25) is 4.79 Å². The average molecular weight is 456 g/mol. The van der Waals surface area contributed by atoms with Gasteiger partial charge >= 0.3 is 5.97 Å². The van der Waals surface area contributed by atoms with Crippen molar-refractivity contribution in [2.24, 2.45) is 0 Å². The highest BCUT2D eigenvalue weighted by Gasteiger charge is 2.29. The monoisotopic (exact) mass is 456 g/mol. The Morgan fingerprint density at radius 1 is 0.970 bits per heavy atom. The highest BCUT2D eigenvalue weighted by atomic mass is 19.1. The summed E-state index contributed by atoms with van der Waals surface area (Å²) in [4.78, 5) is 11.7. The van der Waals surface area contributed by atoms with Gasteiger partial charge < -0.3 is 14.6 Å². The van der Waals surface area contributed by atoms with Crippen LogP contribution < -0.4 is 4.74 Å². The number of rotatable bonds is 6. The standard InChI is InChI=1S/C26H23F3O4/c1-15-10-20(29)11-23(26(15)32-14-22-12-21(30)13-24(31)33-22)25(16-2-6-18(27)7-3-16)17-4-8-19(28)9-5-17/h2-11,21-22,25,30H,12-14H2,1H3/t21-,22+/m1/s1. The van der Waals surface area contributed by atoms with E-state index in [1.807, 2.05) is 0 Å². The van der Waals surface area contributed by atoms with Gasteiger partial charge in [0.15, 0.2) is 0 Å². The SMILES string of the molecule is Cc1cc(F)cc(C(c2ccc(F)cc2)c2ccc(F)cc2)c1OC[C@@H]1C[C@@H](O)CC(=O)O1. The van der Waals surface area contributed by atoms with Gasteiger partial charge in [0.1, 0.15) is 35.9 Å². The lowest BCUT2D eigenvalue weighted by Crippen LogP contribution is -2.36. The molecule has 7 heteroatoms. The van der Waals surface area contributed by atoms with Crippen LogP contribution in [0.3, 0.4) is 0 Å². The molecule has 1 N–H and O–H groups in total. The molecule has 1 aliphatic heterocycles. The number of aryl methyl sites for hydroxylation is 1. The van der Waals surface area contributed by atoms with E-state index in [2.05, 4.69) is 0 Å². The van der Waals surface area contributed by atoms with Gasteiger partial charge in [0.05, 0.1) is 12.5 Å². The fourth-order valence-electron chi connectivity index (χ4n) is 4.17. The summed E-state index contributed by atoms with van der Waals surface area (Å²) in [6.07, 6.45) is -1.27. The number of carbonyl (C=O) groups is 1. The summed E-state index contributed by atoms with van der Waals surface area (Å²) in [5.41, 5.74) is 2.31. The van der Waals surface area contributed by atoms with Crippen molar-refractivity contribution in [3.8, 4) is 5.75 Å². The lowest BCUT2D eigenvalue weighted by atomic mass is 9.84. The van der Waals surface area contributed by atoms with Crippen molar-refractivity contribution in [1.82, 2.24) is 0 Å². The molecule has 3 aromatic carbocycles. The van der Waals surface area contributed by atoms with Crippen LogP contribution in [0.25, 0.3) is 0 Å². The minimum absolute atomic E-state index is 0.0260. The largest absolute Gasteiger partial charge is 0.489 e. The number of esters is 1. The predicted molar refractivity (Wildman–Crippen MR) is 115 cm³/mol. The Morgan fingerprint density at radius 2 is 1.55 bits per heavy atom. The zero-order chi connectivity index (χ0) is 23.5. The lowest BCUT2D eigenvalue weighted by Gasteiger charge is -2.28. The molecule has 0 aliphatic carbocycles. The Hall–Kier alpha value is -3.32. The first kappa shape index (κ1) is 22.9. The van der Waals surface area contributed by atoms with Gasteiger partial charge in [-0.05, 0) is 60.0 Å². The Bertz CT molecular complexity index is 1080. The third kappa shape index (κ3) is 5.37. The second-order valence-electron chi connectivity index (χ2n) is 8.19. The number of aliphatic hydroxyl groups is 1. The van der Waals surface area contributed by atoms with Crippen LogP contribution >= 0.6 is 0 Å². The van der Waals surface area contributed by atoms with Crippen LogP contribution in [0.4, 0.5) is 13.2 Å². The van der Waals surface area contributed by atoms with E-state index in [4.69, 9.17) is 9.47 Å². The lowest BCUT2D eigenvalue weighted by molar-refractivity contribution is -0.162. The van der Waals surface area contributed by atoms with E-state index in [9.17, 15) is 23.1 Å². The third-order valence-corrected chi connectivity index (χ3v) is 5.63. The van der Waals surface area contributed by atoms with Gasteiger partial charge in [-0.1, -0.05) is 24.3 Å². The maximum atomic E-state index is 14.5. The second kappa shape index (κ2) is 9.67. The van der Waals surface area contributed by atoms with Gasteiger partial charge in [0.2, 0.25) is 0 Å². The Morgan fingerprint density at radius 3 is 2.09 bits per heavy atom. The van der Waals surface area contributed by atoms with Crippen LogP contribution in [0.1, 0.15) is 41.0 Å². The van der Waals surface area contributed by atoms with Crippen molar-refractivity contribution in [1.29, 1.82) is 0 Å². The smallest absolute Gasteiger partial charge is 0.308 e. The summed E-state index contributed by atoms with van der Waals surface area (Å²) in [5, 5.41) is 9.86. The molecular weight excluding hydrogens is 433 g/mol. The summed E-state index contributed by atoms with van der Waals surface area (Å²) in [6, 6.07) is 14.2. The molecule has 0 spiro atoms. The number of hydrogen-bond donors (Lipinski definition) is 1. The summed E-state index contributed by atoms with van der Waals surface area (Å²) in [5.74, 6) is -2.01. The normalized spacial score (nSPS) is 18.3. The molecule has 0 aromatic heterocycles. The number of carbonyl (C=O) groups excluding carboxylic acids is 1. The summed E-state index contributed by atoms with van der Waals surface area (Å²) >= 11 is 0. The highest BCUT2D eigenvalue weighted by molar-refractivity contribution is 5.71. The summed E-state index contributed by atoms with van der Waals surface area (Å²) in [6.45, 7) is 1.66. The first-order valence-electron chi connectivity index (χ1n) is 10.6. The fraction of sp³-hybridized carbons (Fsp3) is 0.269. The molecule has 1 aliphatic rings. The minimum atomic E-state index is -0.806. The molecule has 33 heavy (non-hydrogen) atoms. The number of ether oxygens (including phenoxy) is 2. The van der Waals surface area contributed by atoms with Crippen molar-refractivity contribution in [3.05, 3.63) is 100 Å². The van der Waals surface area contributed by atoms with Crippen molar-refractivity contribution < 1.29 is 32.5 Å². The molecule has 1 saturated heterocycles. The summed E-state index contributed by atoms with van der Waals surface area (Å²) < 4.78 is 53.0. The Balaban J connectivity index is 1.75. The zero-order valence-corrected chi connectivity index (χ0v) is 17.9. The minimum Gasteiger partial charge on any atom is -0.489 e. The molecule has 4 rings (SSSR count). The second-order valence-corrected chi connectivity index (χ2v) is 8.19. The number of cyclic esters (lactones) is 1. The molecule has 1 fully saturated rings. The van der Waals surface area contributed by atoms with Crippen molar-refractivity contribution in [3.63, 3.8) is 0 Å². The Labute approximate surface area is 189 Å². The van der Waals surface area contributed by atoms with E-state index in [1.165, 1.54) is 36.4 Å². The topological polar surface area (TPSA) is 55.8 Å². The first-order valence-corrected chi connectivity index (χ1v) is 10.6. The highest BCUT2D eigenvalue weighted by Crippen LogP contribution is 2.40.